The first-order valence-electron chi connectivity index (χ1n) is 8.25. The number of sulfonamides is 1. The minimum absolute atomic E-state index is 0.155. The molecule has 0 unspecified atom stereocenters. The maximum absolute atomic E-state index is 12.6. The van der Waals surface area contributed by atoms with Crippen molar-refractivity contribution < 1.29 is 8.42 Å². The van der Waals surface area contributed by atoms with Gasteiger partial charge in [0, 0.05) is 12.2 Å². The van der Waals surface area contributed by atoms with Gasteiger partial charge < -0.3 is 4.90 Å². The Kier molecular flexibility index (Phi) is 4.94. The van der Waals surface area contributed by atoms with Gasteiger partial charge in [0.25, 0.3) is 10.0 Å². The predicted octanol–water partition coefficient (Wildman–Crippen LogP) is 3.38. The van der Waals surface area contributed by atoms with Crippen molar-refractivity contribution >= 4 is 27.2 Å². The van der Waals surface area contributed by atoms with Crippen molar-refractivity contribution in [2.45, 2.75) is 25.7 Å². The Balaban J connectivity index is 1.84. The fourth-order valence-corrected chi connectivity index (χ4v) is 4.23. The van der Waals surface area contributed by atoms with Crippen LogP contribution in [0.15, 0.2) is 53.6 Å². The van der Waals surface area contributed by atoms with E-state index in [4.69, 9.17) is 0 Å². The molecule has 2 N–H and O–H groups in total. The fraction of sp³-hybridized carbons (Fsp3) is 0.222. The van der Waals surface area contributed by atoms with Gasteiger partial charge in [-0.1, -0.05) is 18.2 Å². The van der Waals surface area contributed by atoms with Gasteiger partial charge in [-0.15, -0.1) is 0 Å². The number of benzene rings is 1. The number of aromatic nitrogens is 3. The van der Waals surface area contributed by atoms with Gasteiger partial charge >= 0.3 is 0 Å². The lowest BCUT2D eigenvalue weighted by atomic mass is 10.2. The van der Waals surface area contributed by atoms with Crippen LogP contribution >= 0.6 is 0 Å². The standard InChI is InChI=1S/C18H21N5O2S/c1-4-23(15-8-6-5-7-9-15)16-10-11-17(19-12-16)22-26(24,25)18-13(2)20-21-14(18)3/h5-12H,4H2,1-3H3,(H,19,22)(H,20,21). The molecule has 0 aliphatic carbocycles. The van der Waals surface area contributed by atoms with Gasteiger partial charge in [0.2, 0.25) is 0 Å². The highest BCUT2D eigenvalue weighted by atomic mass is 32.2. The highest BCUT2D eigenvalue weighted by Gasteiger charge is 2.22. The van der Waals surface area contributed by atoms with E-state index in [-0.39, 0.29) is 10.7 Å². The minimum atomic E-state index is -3.74. The van der Waals surface area contributed by atoms with Crippen LogP contribution < -0.4 is 9.62 Å². The molecule has 0 saturated heterocycles. The molecule has 1 aromatic carbocycles. The molecule has 0 aliphatic heterocycles. The Bertz CT molecular complexity index is 963. The van der Waals surface area contributed by atoms with Gasteiger partial charge in [-0.2, -0.15) is 5.10 Å². The van der Waals surface area contributed by atoms with Crippen LogP contribution in [-0.4, -0.2) is 30.1 Å². The quantitative estimate of drug-likeness (QED) is 0.693. The summed E-state index contributed by atoms with van der Waals surface area (Å²) >= 11 is 0. The molecule has 0 bridgehead atoms. The molecular formula is C18H21N5O2S. The molecule has 3 aromatic rings. The SMILES string of the molecule is CCN(c1ccccc1)c1ccc(NS(=O)(=O)c2c(C)n[nH]c2C)nc1. The number of nitrogens with one attached hydrogen (secondary N) is 2. The van der Waals surface area contributed by atoms with Crippen molar-refractivity contribution in [3.8, 4) is 0 Å². The number of aryl methyl sites for hydroxylation is 2. The summed E-state index contributed by atoms with van der Waals surface area (Å²) in [6, 6.07) is 13.5. The Morgan fingerprint density at radius 1 is 1.08 bits per heavy atom. The third-order valence-electron chi connectivity index (χ3n) is 4.01. The number of nitrogens with zero attached hydrogens (tertiary/aromatic N) is 3. The zero-order valence-electron chi connectivity index (χ0n) is 14.9. The van der Waals surface area contributed by atoms with Crippen molar-refractivity contribution in [2.24, 2.45) is 0 Å². The Labute approximate surface area is 153 Å². The molecule has 2 heterocycles. The molecule has 0 spiro atoms. The minimum Gasteiger partial charge on any atom is -0.341 e. The summed E-state index contributed by atoms with van der Waals surface area (Å²) in [7, 11) is -3.74. The molecule has 0 aliphatic rings. The van der Waals surface area contributed by atoms with Gasteiger partial charge in [0.15, 0.2) is 0 Å². The fourth-order valence-electron chi connectivity index (χ4n) is 2.85. The average Bonchev–Trinajstić information content (AvgIpc) is 2.97. The van der Waals surface area contributed by atoms with E-state index < -0.39 is 10.0 Å². The lowest BCUT2D eigenvalue weighted by Gasteiger charge is -2.23. The van der Waals surface area contributed by atoms with Gasteiger partial charge in [0.1, 0.15) is 10.7 Å². The number of aromatic amines is 1. The summed E-state index contributed by atoms with van der Waals surface area (Å²) in [6.07, 6.45) is 1.66. The second kappa shape index (κ2) is 7.17. The van der Waals surface area contributed by atoms with Crippen LogP contribution in [0.1, 0.15) is 18.3 Å². The van der Waals surface area contributed by atoms with Gasteiger partial charge in [-0.05, 0) is 45.0 Å². The Hall–Kier alpha value is -2.87. The van der Waals surface area contributed by atoms with E-state index in [1.54, 1.807) is 26.1 Å². The molecule has 3 rings (SSSR count). The number of rotatable bonds is 6. The van der Waals surface area contributed by atoms with Crippen molar-refractivity contribution in [3.05, 3.63) is 60.0 Å². The molecular weight excluding hydrogens is 350 g/mol. The number of H-pyrrole nitrogens is 1. The van der Waals surface area contributed by atoms with E-state index in [1.807, 2.05) is 43.3 Å². The molecule has 26 heavy (non-hydrogen) atoms. The summed E-state index contributed by atoms with van der Waals surface area (Å²) in [4.78, 5) is 6.51. The van der Waals surface area contributed by atoms with Gasteiger partial charge in [0.05, 0.1) is 23.3 Å². The molecule has 0 amide bonds. The summed E-state index contributed by atoms with van der Waals surface area (Å²) in [5.41, 5.74) is 2.85. The summed E-state index contributed by atoms with van der Waals surface area (Å²) in [6.45, 7) is 6.13. The van der Waals surface area contributed by atoms with Crippen LogP contribution in [0.4, 0.5) is 17.2 Å². The van der Waals surface area contributed by atoms with Crippen molar-refractivity contribution in [2.75, 3.05) is 16.2 Å². The van der Waals surface area contributed by atoms with Crippen LogP contribution in [0.5, 0.6) is 0 Å². The molecule has 7 nitrogen and oxygen atoms in total. The third-order valence-corrected chi connectivity index (χ3v) is 5.63. The van der Waals surface area contributed by atoms with E-state index in [0.29, 0.717) is 11.4 Å². The number of pyridine rings is 1. The number of anilines is 3. The molecule has 0 radical (unpaired) electrons. The van der Waals surface area contributed by atoms with Crippen LogP contribution in [0.2, 0.25) is 0 Å². The van der Waals surface area contributed by atoms with E-state index in [1.165, 1.54) is 0 Å². The maximum Gasteiger partial charge on any atom is 0.266 e. The Morgan fingerprint density at radius 3 is 2.35 bits per heavy atom. The summed E-state index contributed by atoms with van der Waals surface area (Å²) < 4.78 is 27.7. The zero-order valence-corrected chi connectivity index (χ0v) is 15.7. The summed E-state index contributed by atoms with van der Waals surface area (Å²) in [5, 5.41) is 6.62. The normalized spacial score (nSPS) is 11.3. The van der Waals surface area contributed by atoms with Crippen LogP contribution in [-0.2, 0) is 10.0 Å². The molecule has 0 fully saturated rings. The average molecular weight is 371 g/mol. The van der Waals surface area contributed by atoms with Crippen molar-refractivity contribution in [1.29, 1.82) is 0 Å². The van der Waals surface area contributed by atoms with E-state index in [2.05, 4.69) is 24.8 Å². The highest BCUT2D eigenvalue weighted by molar-refractivity contribution is 7.92. The van der Waals surface area contributed by atoms with Crippen molar-refractivity contribution in [1.82, 2.24) is 15.2 Å². The first kappa shape index (κ1) is 17.9. The smallest absolute Gasteiger partial charge is 0.266 e. The molecule has 136 valence electrons. The lowest BCUT2D eigenvalue weighted by Crippen LogP contribution is -2.17. The number of hydrogen-bond acceptors (Lipinski definition) is 5. The second-order valence-corrected chi connectivity index (χ2v) is 7.47. The molecule has 0 saturated carbocycles. The molecule has 8 heteroatoms. The largest absolute Gasteiger partial charge is 0.341 e. The zero-order chi connectivity index (χ0) is 18.7. The van der Waals surface area contributed by atoms with Crippen LogP contribution in [0, 0.1) is 13.8 Å². The first-order chi connectivity index (χ1) is 12.4. The van der Waals surface area contributed by atoms with Gasteiger partial charge in [-0.3, -0.25) is 9.82 Å². The molecule has 0 atom stereocenters. The van der Waals surface area contributed by atoms with E-state index in [9.17, 15) is 8.42 Å². The monoisotopic (exact) mass is 371 g/mol. The second-order valence-electron chi connectivity index (χ2n) is 5.85. The maximum atomic E-state index is 12.6. The van der Waals surface area contributed by atoms with Crippen molar-refractivity contribution in [3.63, 3.8) is 0 Å². The Morgan fingerprint density at radius 2 is 1.81 bits per heavy atom. The first-order valence-corrected chi connectivity index (χ1v) is 9.73. The lowest BCUT2D eigenvalue weighted by molar-refractivity contribution is 0.600. The highest BCUT2D eigenvalue weighted by Crippen LogP contribution is 2.26. The van der Waals surface area contributed by atoms with Gasteiger partial charge in [-0.25, -0.2) is 13.4 Å². The number of hydrogen-bond donors (Lipinski definition) is 2. The van der Waals surface area contributed by atoms with E-state index in [0.717, 1.165) is 17.9 Å². The number of para-hydroxylation sites is 1. The van der Waals surface area contributed by atoms with Crippen LogP contribution in [0.3, 0.4) is 0 Å². The van der Waals surface area contributed by atoms with Crippen LogP contribution in [0.25, 0.3) is 0 Å². The van der Waals surface area contributed by atoms with E-state index >= 15 is 0 Å². The topological polar surface area (TPSA) is 91.0 Å². The molecule has 2 aromatic heterocycles. The predicted molar refractivity (Wildman–Crippen MR) is 102 cm³/mol. The summed E-state index contributed by atoms with van der Waals surface area (Å²) in [5.74, 6) is 0.262. The third kappa shape index (κ3) is 3.55.